The number of nitrogens with one attached hydrogen (secondary N) is 1. The zero-order valence-electron chi connectivity index (χ0n) is 9.14. The molecule has 0 heterocycles. The summed E-state index contributed by atoms with van der Waals surface area (Å²) in [6.07, 6.45) is 6.40. The van der Waals surface area contributed by atoms with Crippen molar-refractivity contribution in [1.29, 1.82) is 0 Å². The molecule has 1 amide bonds. The fraction of sp³-hybridized carbons (Fsp3) is 0.909. The van der Waals surface area contributed by atoms with Gasteiger partial charge in [0, 0.05) is 12.0 Å². The van der Waals surface area contributed by atoms with E-state index in [-0.39, 0.29) is 11.3 Å². The van der Waals surface area contributed by atoms with E-state index in [1.54, 1.807) is 0 Å². The summed E-state index contributed by atoms with van der Waals surface area (Å²) in [6, 6.07) is 0. The molecule has 1 aliphatic carbocycles. The molecule has 0 aromatic heterocycles. The van der Waals surface area contributed by atoms with Crippen LogP contribution in [0.1, 0.15) is 45.4 Å². The van der Waals surface area contributed by atoms with Crippen molar-refractivity contribution in [1.82, 2.24) is 5.32 Å². The van der Waals surface area contributed by atoms with Gasteiger partial charge in [0.25, 0.3) is 0 Å². The van der Waals surface area contributed by atoms with Gasteiger partial charge in [-0.25, -0.2) is 0 Å². The van der Waals surface area contributed by atoms with Crippen molar-refractivity contribution >= 4 is 5.91 Å². The molecule has 1 saturated carbocycles. The molecular weight excluding hydrogens is 176 g/mol. The third kappa shape index (κ3) is 2.47. The molecule has 0 unspecified atom stereocenters. The molecule has 0 atom stereocenters. The molecule has 0 radical (unpaired) electrons. The highest BCUT2D eigenvalue weighted by Gasteiger charge is 2.38. The second-order valence-electron chi connectivity index (χ2n) is 4.24. The Hall–Kier alpha value is -0.570. The van der Waals surface area contributed by atoms with Gasteiger partial charge in [0.05, 0.1) is 0 Å². The van der Waals surface area contributed by atoms with Gasteiger partial charge in [-0.1, -0.05) is 19.8 Å². The number of hydrogen-bond acceptors (Lipinski definition) is 2. The van der Waals surface area contributed by atoms with Crippen LogP contribution in [-0.4, -0.2) is 19.0 Å². The van der Waals surface area contributed by atoms with Crippen LogP contribution in [0.25, 0.3) is 0 Å². The topological polar surface area (TPSA) is 55.1 Å². The summed E-state index contributed by atoms with van der Waals surface area (Å²) >= 11 is 0. The van der Waals surface area contributed by atoms with Crippen LogP contribution in [0.3, 0.4) is 0 Å². The van der Waals surface area contributed by atoms with E-state index in [1.807, 2.05) is 0 Å². The lowest BCUT2D eigenvalue weighted by atomic mass is 9.82. The average Bonchev–Trinajstić information content (AvgIpc) is 2.67. The van der Waals surface area contributed by atoms with Crippen LogP contribution in [0, 0.1) is 5.41 Å². The Morgan fingerprint density at radius 2 is 2.07 bits per heavy atom. The first-order valence-corrected chi connectivity index (χ1v) is 5.73. The van der Waals surface area contributed by atoms with Crippen molar-refractivity contribution in [2.24, 2.45) is 11.1 Å². The highest BCUT2D eigenvalue weighted by atomic mass is 16.2. The maximum atomic E-state index is 11.9. The predicted octanol–water partition coefficient (Wildman–Crippen LogP) is 1.42. The molecule has 1 aliphatic rings. The minimum Gasteiger partial charge on any atom is -0.356 e. The first-order chi connectivity index (χ1) is 6.75. The van der Waals surface area contributed by atoms with E-state index < -0.39 is 0 Å². The Bertz CT molecular complexity index is 186. The highest BCUT2D eigenvalue weighted by molar-refractivity contribution is 5.82. The molecule has 3 nitrogen and oxygen atoms in total. The SMILES string of the molecule is CCC1(C(=O)NCCCN)CCCC1. The normalized spacial score (nSPS) is 19.6. The van der Waals surface area contributed by atoms with Gasteiger partial charge in [-0.3, -0.25) is 4.79 Å². The number of carbonyl (C=O) groups is 1. The van der Waals surface area contributed by atoms with E-state index in [9.17, 15) is 4.79 Å². The van der Waals surface area contributed by atoms with Gasteiger partial charge in [-0.15, -0.1) is 0 Å². The van der Waals surface area contributed by atoms with Crippen LogP contribution >= 0.6 is 0 Å². The Labute approximate surface area is 86.4 Å². The zero-order valence-corrected chi connectivity index (χ0v) is 9.14. The summed E-state index contributed by atoms with van der Waals surface area (Å²) in [6.45, 7) is 3.50. The second-order valence-corrected chi connectivity index (χ2v) is 4.24. The monoisotopic (exact) mass is 198 g/mol. The summed E-state index contributed by atoms with van der Waals surface area (Å²) < 4.78 is 0. The fourth-order valence-electron chi connectivity index (χ4n) is 2.28. The number of hydrogen-bond donors (Lipinski definition) is 2. The summed E-state index contributed by atoms with van der Waals surface area (Å²) in [7, 11) is 0. The largest absolute Gasteiger partial charge is 0.356 e. The maximum Gasteiger partial charge on any atom is 0.226 e. The van der Waals surface area contributed by atoms with Crippen molar-refractivity contribution in [3.8, 4) is 0 Å². The molecule has 0 aliphatic heterocycles. The molecule has 0 spiro atoms. The third-order valence-electron chi connectivity index (χ3n) is 3.39. The van der Waals surface area contributed by atoms with Crippen molar-refractivity contribution < 1.29 is 4.79 Å². The van der Waals surface area contributed by atoms with Crippen LogP contribution in [0.15, 0.2) is 0 Å². The highest BCUT2D eigenvalue weighted by Crippen LogP contribution is 2.40. The summed E-state index contributed by atoms with van der Waals surface area (Å²) in [5.41, 5.74) is 5.34. The average molecular weight is 198 g/mol. The summed E-state index contributed by atoms with van der Waals surface area (Å²) in [5, 5.41) is 3.00. The van der Waals surface area contributed by atoms with Gasteiger partial charge >= 0.3 is 0 Å². The standard InChI is InChI=1S/C11H22N2O/c1-2-11(6-3-4-7-11)10(14)13-9-5-8-12/h2-9,12H2,1H3,(H,13,14). The molecule has 0 saturated heterocycles. The zero-order chi connectivity index (χ0) is 10.4. The van der Waals surface area contributed by atoms with E-state index >= 15 is 0 Å². The first kappa shape index (κ1) is 11.5. The van der Waals surface area contributed by atoms with E-state index in [1.165, 1.54) is 12.8 Å². The Kier molecular flexibility index (Phi) is 4.39. The first-order valence-electron chi connectivity index (χ1n) is 5.73. The van der Waals surface area contributed by atoms with E-state index in [2.05, 4.69) is 12.2 Å². The second kappa shape index (κ2) is 5.35. The third-order valence-corrected chi connectivity index (χ3v) is 3.39. The van der Waals surface area contributed by atoms with Crippen molar-refractivity contribution in [2.75, 3.05) is 13.1 Å². The predicted molar refractivity (Wildman–Crippen MR) is 57.9 cm³/mol. The number of carbonyl (C=O) groups excluding carboxylic acids is 1. The molecule has 1 rings (SSSR count). The van der Waals surface area contributed by atoms with Gasteiger partial charge < -0.3 is 11.1 Å². The van der Waals surface area contributed by atoms with Crippen LogP contribution in [0.4, 0.5) is 0 Å². The molecule has 3 heteroatoms. The number of rotatable bonds is 5. The molecule has 1 fully saturated rings. The van der Waals surface area contributed by atoms with Crippen molar-refractivity contribution in [2.45, 2.75) is 45.4 Å². The Morgan fingerprint density at radius 3 is 2.57 bits per heavy atom. The Balaban J connectivity index is 2.40. The van der Waals surface area contributed by atoms with Crippen LogP contribution < -0.4 is 11.1 Å². The van der Waals surface area contributed by atoms with Gasteiger partial charge in [0.1, 0.15) is 0 Å². The molecule has 3 N–H and O–H groups in total. The molecule has 0 bridgehead atoms. The molecule has 0 aromatic carbocycles. The smallest absolute Gasteiger partial charge is 0.226 e. The lowest BCUT2D eigenvalue weighted by Gasteiger charge is -2.25. The van der Waals surface area contributed by atoms with Gasteiger partial charge in [0.15, 0.2) is 0 Å². The van der Waals surface area contributed by atoms with Crippen molar-refractivity contribution in [3.63, 3.8) is 0 Å². The van der Waals surface area contributed by atoms with Crippen LogP contribution in [0.2, 0.25) is 0 Å². The minimum atomic E-state index is -0.0470. The molecule has 14 heavy (non-hydrogen) atoms. The van der Waals surface area contributed by atoms with Gasteiger partial charge in [-0.05, 0) is 32.2 Å². The van der Waals surface area contributed by atoms with Gasteiger partial charge in [0.2, 0.25) is 5.91 Å². The quantitative estimate of drug-likeness (QED) is 0.656. The summed E-state index contributed by atoms with van der Waals surface area (Å²) in [4.78, 5) is 11.9. The fourth-order valence-corrected chi connectivity index (χ4v) is 2.28. The van der Waals surface area contributed by atoms with Crippen molar-refractivity contribution in [3.05, 3.63) is 0 Å². The van der Waals surface area contributed by atoms with E-state index in [0.717, 1.165) is 32.2 Å². The molecule has 0 aromatic rings. The number of nitrogens with two attached hydrogens (primary N) is 1. The van der Waals surface area contributed by atoms with E-state index in [0.29, 0.717) is 6.54 Å². The lowest BCUT2D eigenvalue weighted by Crippen LogP contribution is -2.39. The lowest BCUT2D eigenvalue weighted by molar-refractivity contribution is -0.131. The summed E-state index contributed by atoms with van der Waals surface area (Å²) in [5.74, 6) is 0.256. The van der Waals surface area contributed by atoms with Gasteiger partial charge in [-0.2, -0.15) is 0 Å². The van der Waals surface area contributed by atoms with Crippen LogP contribution in [-0.2, 0) is 4.79 Å². The Morgan fingerprint density at radius 1 is 1.43 bits per heavy atom. The number of amides is 1. The molecular formula is C11H22N2O. The maximum absolute atomic E-state index is 11.9. The molecule has 82 valence electrons. The minimum absolute atomic E-state index is 0.0470. The van der Waals surface area contributed by atoms with E-state index in [4.69, 9.17) is 5.73 Å². The van der Waals surface area contributed by atoms with Crippen LogP contribution in [0.5, 0.6) is 0 Å².